The van der Waals surface area contributed by atoms with Crippen molar-refractivity contribution < 1.29 is 0 Å². The summed E-state index contributed by atoms with van der Waals surface area (Å²) in [6, 6.07) is 68.5. The van der Waals surface area contributed by atoms with E-state index in [0.717, 1.165) is 50.6 Å². The number of nitrogens with zero attached hydrogens (tertiary/aromatic N) is 4. The Morgan fingerprint density at radius 2 is 0.904 bits per heavy atom. The lowest BCUT2D eigenvalue weighted by Crippen LogP contribution is -2.09. The first kappa shape index (κ1) is 29.8. The Morgan fingerprint density at radius 1 is 0.365 bits per heavy atom. The van der Waals surface area contributed by atoms with Crippen molar-refractivity contribution in [3.05, 3.63) is 194 Å². The molecule has 0 radical (unpaired) electrons. The molecule has 244 valence electrons. The minimum atomic E-state index is 0.866. The normalized spacial score (nSPS) is 11.5. The van der Waals surface area contributed by atoms with Gasteiger partial charge in [0.15, 0.2) is 0 Å². The number of benzene rings is 8. The standard InChI is InChI=1S/C48H32N4/c1-3-15-34(16-4-1)47-48(50-43-23-11-10-22-42(43)49-47)35-26-28-37(29-27-35)51(36-18-5-2-6-19-36)38-30-31-46-41(32-38)40-21-9-12-24-45(40)52(46)44-25-13-17-33-14-7-8-20-39(33)44/h1-32H. The molecule has 0 N–H and O–H groups in total. The molecule has 0 unspecified atom stereocenters. The number of aromatic nitrogens is 3. The van der Waals surface area contributed by atoms with Gasteiger partial charge in [-0.25, -0.2) is 9.97 Å². The van der Waals surface area contributed by atoms with Crippen LogP contribution in [0.2, 0.25) is 0 Å². The van der Waals surface area contributed by atoms with Crippen LogP contribution in [0.3, 0.4) is 0 Å². The molecule has 52 heavy (non-hydrogen) atoms. The molecule has 0 aliphatic heterocycles. The van der Waals surface area contributed by atoms with Gasteiger partial charge in [0.05, 0.1) is 39.1 Å². The number of fused-ring (bicyclic) bond motifs is 5. The maximum absolute atomic E-state index is 5.14. The molecule has 0 atom stereocenters. The van der Waals surface area contributed by atoms with E-state index >= 15 is 0 Å². The fourth-order valence-corrected chi connectivity index (χ4v) is 7.55. The van der Waals surface area contributed by atoms with Crippen molar-refractivity contribution in [2.45, 2.75) is 0 Å². The average molecular weight is 665 g/mol. The highest BCUT2D eigenvalue weighted by atomic mass is 15.1. The van der Waals surface area contributed by atoms with Crippen LogP contribution >= 0.6 is 0 Å². The second-order valence-corrected chi connectivity index (χ2v) is 13.0. The summed E-state index contributed by atoms with van der Waals surface area (Å²) in [7, 11) is 0. The second kappa shape index (κ2) is 12.4. The molecule has 0 saturated carbocycles. The molecule has 0 spiro atoms. The monoisotopic (exact) mass is 664 g/mol. The van der Waals surface area contributed by atoms with Gasteiger partial charge in [-0.1, -0.05) is 127 Å². The minimum Gasteiger partial charge on any atom is -0.310 e. The van der Waals surface area contributed by atoms with Gasteiger partial charge in [-0.05, 0) is 72.1 Å². The highest BCUT2D eigenvalue weighted by Gasteiger charge is 2.19. The summed E-state index contributed by atoms with van der Waals surface area (Å²) in [6.45, 7) is 0. The predicted molar refractivity (Wildman–Crippen MR) is 217 cm³/mol. The average Bonchev–Trinajstić information content (AvgIpc) is 3.55. The highest BCUT2D eigenvalue weighted by Crippen LogP contribution is 2.41. The molecule has 10 aromatic rings. The van der Waals surface area contributed by atoms with Crippen LogP contribution in [-0.2, 0) is 0 Å². The van der Waals surface area contributed by atoms with Crippen molar-refractivity contribution in [2.75, 3.05) is 4.90 Å². The molecule has 8 aromatic carbocycles. The van der Waals surface area contributed by atoms with E-state index in [9.17, 15) is 0 Å². The molecular weight excluding hydrogens is 633 g/mol. The van der Waals surface area contributed by atoms with Crippen molar-refractivity contribution in [2.24, 2.45) is 0 Å². The first-order valence-electron chi connectivity index (χ1n) is 17.6. The van der Waals surface area contributed by atoms with Gasteiger partial charge in [0.1, 0.15) is 0 Å². The first-order valence-corrected chi connectivity index (χ1v) is 17.6. The Morgan fingerprint density at radius 3 is 1.65 bits per heavy atom. The molecule has 0 fully saturated rings. The van der Waals surface area contributed by atoms with Gasteiger partial charge in [-0.15, -0.1) is 0 Å². The van der Waals surface area contributed by atoms with E-state index in [1.165, 1.54) is 38.3 Å². The fraction of sp³-hybridized carbons (Fsp3) is 0. The quantitative estimate of drug-likeness (QED) is 0.177. The molecule has 4 heteroatoms. The molecule has 2 heterocycles. The second-order valence-electron chi connectivity index (χ2n) is 13.0. The topological polar surface area (TPSA) is 34.0 Å². The third-order valence-electron chi connectivity index (χ3n) is 9.95. The molecule has 0 aliphatic rings. The van der Waals surface area contributed by atoms with E-state index in [0.29, 0.717) is 0 Å². The van der Waals surface area contributed by atoms with Crippen molar-refractivity contribution in [3.8, 4) is 28.2 Å². The third-order valence-corrected chi connectivity index (χ3v) is 9.95. The van der Waals surface area contributed by atoms with E-state index in [2.05, 4.69) is 161 Å². The van der Waals surface area contributed by atoms with Crippen LogP contribution in [-0.4, -0.2) is 14.5 Å². The van der Waals surface area contributed by atoms with Gasteiger partial charge >= 0.3 is 0 Å². The van der Waals surface area contributed by atoms with E-state index in [1.54, 1.807) is 0 Å². The Bertz CT molecular complexity index is 2890. The number of hydrogen-bond donors (Lipinski definition) is 0. The van der Waals surface area contributed by atoms with Crippen LogP contribution in [0.4, 0.5) is 17.1 Å². The molecular formula is C48H32N4. The zero-order valence-electron chi connectivity index (χ0n) is 28.3. The van der Waals surface area contributed by atoms with Crippen LogP contribution in [0.5, 0.6) is 0 Å². The fourth-order valence-electron chi connectivity index (χ4n) is 7.55. The lowest BCUT2D eigenvalue weighted by Gasteiger charge is -2.26. The van der Waals surface area contributed by atoms with Gasteiger partial charge in [0.25, 0.3) is 0 Å². The molecule has 0 aliphatic carbocycles. The molecule has 4 nitrogen and oxygen atoms in total. The SMILES string of the molecule is c1ccc(-c2nc3ccccc3nc2-c2ccc(N(c3ccccc3)c3ccc4c(c3)c3ccccc3n4-c3cccc4ccccc34)cc2)cc1. The number of para-hydroxylation sites is 4. The minimum absolute atomic E-state index is 0.866. The predicted octanol–water partition coefficient (Wildman–Crippen LogP) is 12.7. The molecule has 0 saturated heterocycles. The van der Waals surface area contributed by atoms with Crippen molar-refractivity contribution in [3.63, 3.8) is 0 Å². The Labute approximate surface area is 301 Å². The van der Waals surface area contributed by atoms with Crippen molar-refractivity contribution in [1.82, 2.24) is 14.5 Å². The number of rotatable bonds is 6. The summed E-state index contributed by atoms with van der Waals surface area (Å²) in [6.07, 6.45) is 0. The van der Waals surface area contributed by atoms with E-state index < -0.39 is 0 Å². The van der Waals surface area contributed by atoms with Crippen molar-refractivity contribution >= 4 is 60.7 Å². The largest absolute Gasteiger partial charge is 0.310 e. The zero-order chi connectivity index (χ0) is 34.4. The van der Waals surface area contributed by atoms with Gasteiger partial charge in [-0.3, -0.25) is 0 Å². The number of hydrogen-bond acceptors (Lipinski definition) is 3. The Kier molecular flexibility index (Phi) is 7.10. The van der Waals surface area contributed by atoms with Crippen LogP contribution in [0.15, 0.2) is 194 Å². The zero-order valence-corrected chi connectivity index (χ0v) is 28.3. The summed E-state index contributed by atoms with van der Waals surface area (Å²) in [5.74, 6) is 0. The van der Waals surface area contributed by atoms with Gasteiger partial charge < -0.3 is 9.47 Å². The summed E-state index contributed by atoms with van der Waals surface area (Å²) < 4.78 is 2.41. The van der Waals surface area contributed by atoms with Gasteiger partial charge in [0.2, 0.25) is 0 Å². The van der Waals surface area contributed by atoms with Gasteiger partial charge in [0, 0.05) is 44.3 Å². The summed E-state index contributed by atoms with van der Waals surface area (Å²) in [5.41, 5.74) is 12.3. The van der Waals surface area contributed by atoms with E-state index in [-0.39, 0.29) is 0 Å². The van der Waals surface area contributed by atoms with Crippen LogP contribution < -0.4 is 4.90 Å². The molecule has 2 aromatic heterocycles. The van der Waals surface area contributed by atoms with Crippen LogP contribution in [0, 0.1) is 0 Å². The first-order chi connectivity index (χ1) is 25.8. The van der Waals surface area contributed by atoms with Crippen LogP contribution in [0.25, 0.3) is 71.8 Å². The lowest BCUT2D eigenvalue weighted by molar-refractivity contribution is 1.20. The van der Waals surface area contributed by atoms with Crippen molar-refractivity contribution in [1.29, 1.82) is 0 Å². The van der Waals surface area contributed by atoms with E-state index in [1.807, 2.05) is 42.5 Å². The number of anilines is 3. The lowest BCUT2D eigenvalue weighted by atomic mass is 10.0. The summed E-state index contributed by atoms with van der Waals surface area (Å²) in [4.78, 5) is 12.6. The molecule has 0 amide bonds. The smallest absolute Gasteiger partial charge is 0.0973 e. The maximum atomic E-state index is 5.14. The summed E-state index contributed by atoms with van der Waals surface area (Å²) >= 11 is 0. The third kappa shape index (κ3) is 5.00. The Balaban J connectivity index is 1.13. The van der Waals surface area contributed by atoms with Gasteiger partial charge in [-0.2, -0.15) is 0 Å². The highest BCUT2D eigenvalue weighted by molar-refractivity contribution is 6.12. The summed E-state index contributed by atoms with van der Waals surface area (Å²) in [5, 5.41) is 4.89. The maximum Gasteiger partial charge on any atom is 0.0973 e. The molecule has 10 rings (SSSR count). The Hall–Kier alpha value is -7.04. The molecule has 0 bridgehead atoms. The van der Waals surface area contributed by atoms with Crippen LogP contribution in [0.1, 0.15) is 0 Å². The van der Waals surface area contributed by atoms with E-state index in [4.69, 9.17) is 9.97 Å².